The molecule has 0 saturated carbocycles. The van der Waals surface area contributed by atoms with Crippen LogP contribution in [0.1, 0.15) is 22.6 Å². The summed E-state index contributed by atoms with van der Waals surface area (Å²) in [4.78, 5) is 11.1. The van der Waals surface area contributed by atoms with E-state index < -0.39 is 0 Å². The van der Waals surface area contributed by atoms with Crippen molar-refractivity contribution in [2.24, 2.45) is 0 Å². The first-order chi connectivity index (χ1) is 16.2. The van der Waals surface area contributed by atoms with Crippen molar-refractivity contribution in [1.82, 2.24) is 15.0 Å². The Labute approximate surface area is 195 Å². The molecule has 0 spiro atoms. The van der Waals surface area contributed by atoms with Crippen LogP contribution < -0.4 is 10.5 Å². The molecule has 1 aliphatic heterocycles. The summed E-state index contributed by atoms with van der Waals surface area (Å²) in [7, 11) is 0. The summed E-state index contributed by atoms with van der Waals surface area (Å²) < 4.78 is 6.53. The van der Waals surface area contributed by atoms with Crippen LogP contribution in [0.4, 0.5) is 5.82 Å². The molecule has 33 heavy (non-hydrogen) atoms. The lowest BCUT2D eigenvalue weighted by Crippen LogP contribution is -2.15. The molecule has 5 nitrogen and oxygen atoms in total. The van der Waals surface area contributed by atoms with E-state index in [4.69, 9.17) is 22.7 Å². The van der Waals surface area contributed by atoms with Gasteiger partial charge in [-0.25, -0.2) is 0 Å². The zero-order valence-electron chi connectivity index (χ0n) is 17.6. The predicted octanol–water partition coefficient (Wildman–Crippen LogP) is 6.44. The molecule has 0 fully saturated rings. The molecule has 1 unspecified atom stereocenters. The average Bonchev–Trinajstić information content (AvgIpc) is 3.24. The molecule has 3 aromatic carbocycles. The summed E-state index contributed by atoms with van der Waals surface area (Å²) in [5, 5.41) is 1.12. The van der Waals surface area contributed by atoms with Gasteiger partial charge in [-0.15, -0.1) is 0 Å². The number of rotatable bonds is 3. The van der Waals surface area contributed by atoms with E-state index >= 15 is 0 Å². The van der Waals surface area contributed by atoms with Gasteiger partial charge >= 0.3 is 0 Å². The molecule has 1 atom stereocenters. The smallest absolute Gasteiger partial charge is 0.229 e. The maximum absolute atomic E-state index is 6.47. The van der Waals surface area contributed by atoms with Crippen molar-refractivity contribution < 1.29 is 4.74 Å². The molecule has 4 N–H and O–H groups in total. The molecule has 6 heteroatoms. The van der Waals surface area contributed by atoms with Crippen LogP contribution in [0.25, 0.3) is 27.9 Å². The maximum Gasteiger partial charge on any atom is 0.229 e. The first-order valence-electron chi connectivity index (χ1n) is 10.7. The van der Waals surface area contributed by atoms with Gasteiger partial charge in [-0.2, -0.15) is 4.98 Å². The number of nitrogen functional groups attached to an aromatic ring is 1. The van der Waals surface area contributed by atoms with Crippen LogP contribution in [-0.4, -0.2) is 15.0 Å². The minimum atomic E-state index is -0.199. The minimum absolute atomic E-state index is 0.199. The van der Waals surface area contributed by atoms with E-state index in [1.165, 1.54) is 0 Å². The summed E-state index contributed by atoms with van der Waals surface area (Å²) in [6, 6.07) is 28.6. The number of nitrogens with zero attached hydrogens (tertiary/aromatic N) is 1. The van der Waals surface area contributed by atoms with Crippen LogP contribution in [0.2, 0.25) is 0 Å². The van der Waals surface area contributed by atoms with Gasteiger partial charge in [-0.1, -0.05) is 78.9 Å². The number of benzene rings is 3. The lowest BCUT2D eigenvalue weighted by molar-refractivity contribution is 0.469. The van der Waals surface area contributed by atoms with Gasteiger partial charge in [0.25, 0.3) is 0 Å². The number of ether oxygens (including phenoxy) is 1. The number of hydrogen-bond donors (Lipinski definition) is 3. The number of nitrogens with one attached hydrogen (secondary N) is 2. The largest absolute Gasteiger partial charge is 0.438 e. The van der Waals surface area contributed by atoms with Crippen molar-refractivity contribution >= 4 is 34.7 Å². The molecule has 0 radical (unpaired) electrons. The Balaban J connectivity index is 1.68. The highest BCUT2D eigenvalue weighted by molar-refractivity contribution is 7.71. The summed E-state index contributed by atoms with van der Waals surface area (Å²) in [5.41, 5.74) is 12.5. The van der Waals surface area contributed by atoms with Crippen LogP contribution >= 0.6 is 12.2 Å². The molecule has 5 aromatic rings. The maximum atomic E-state index is 6.47. The third kappa shape index (κ3) is 3.32. The first kappa shape index (κ1) is 19.5. The second-order valence-electron chi connectivity index (χ2n) is 7.98. The van der Waals surface area contributed by atoms with E-state index in [9.17, 15) is 0 Å². The highest BCUT2D eigenvalue weighted by Crippen LogP contribution is 2.47. The van der Waals surface area contributed by atoms with Gasteiger partial charge in [0.05, 0.1) is 11.3 Å². The summed E-state index contributed by atoms with van der Waals surface area (Å²) in [5.74, 6) is 1.43. The van der Waals surface area contributed by atoms with E-state index in [1.807, 2.05) is 54.6 Å². The highest BCUT2D eigenvalue weighted by Gasteiger charge is 2.32. The number of H-pyrrole nitrogens is 2. The molecular weight excluding hydrogens is 428 g/mol. The van der Waals surface area contributed by atoms with Crippen LogP contribution in [0.15, 0.2) is 91.0 Å². The first-order valence-corrected chi connectivity index (χ1v) is 11.1. The van der Waals surface area contributed by atoms with Gasteiger partial charge in [-0.05, 0) is 35.5 Å². The van der Waals surface area contributed by atoms with Crippen molar-refractivity contribution in [3.05, 3.63) is 112 Å². The molecule has 1 aliphatic rings. The molecule has 0 bridgehead atoms. The Morgan fingerprint density at radius 2 is 1.45 bits per heavy atom. The second kappa shape index (κ2) is 7.76. The third-order valence-corrected chi connectivity index (χ3v) is 6.17. The normalized spacial score (nSPS) is 15.0. The van der Waals surface area contributed by atoms with Crippen molar-refractivity contribution in [3.8, 4) is 17.1 Å². The van der Waals surface area contributed by atoms with Crippen LogP contribution in [0.5, 0.6) is 5.88 Å². The number of aromatic nitrogens is 3. The molecule has 2 aromatic heterocycles. The molecule has 6 rings (SSSR count). The van der Waals surface area contributed by atoms with E-state index in [0.29, 0.717) is 16.5 Å². The van der Waals surface area contributed by atoms with Gasteiger partial charge < -0.3 is 20.4 Å². The Hall–Kier alpha value is -4.16. The molecule has 0 aliphatic carbocycles. The fraction of sp³-hybridized carbons (Fsp3) is 0.0370. The number of fused-ring (bicyclic) bond motifs is 2. The molecule has 160 valence electrons. The van der Waals surface area contributed by atoms with E-state index in [1.54, 1.807) is 0 Å². The number of allylic oxidation sites excluding steroid dienone is 1. The summed E-state index contributed by atoms with van der Waals surface area (Å²) in [6.45, 7) is 0. The van der Waals surface area contributed by atoms with Gasteiger partial charge in [0.15, 0.2) is 0 Å². The third-order valence-electron chi connectivity index (χ3n) is 5.98. The number of para-hydroxylation sites is 1. The number of nitrogens with two attached hydrogens (primary N) is 1. The van der Waals surface area contributed by atoms with Gasteiger partial charge in [-0.3, -0.25) is 0 Å². The van der Waals surface area contributed by atoms with Crippen molar-refractivity contribution in [2.45, 2.75) is 5.92 Å². The lowest BCUT2D eigenvalue weighted by Gasteiger charge is -2.26. The zero-order valence-corrected chi connectivity index (χ0v) is 18.4. The Kier molecular flexibility index (Phi) is 4.59. The second-order valence-corrected chi connectivity index (χ2v) is 8.36. The Bertz CT molecular complexity index is 1570. The molecule has 0 amide bonds. The lowest BCUT2D eigenvalue weighted by atomic mass is 9.86. The van der Waals surface area contributed by atoms with Gasteiger partial charge in [0.1, 0.15) is 11.6 Å². The summed E-state index contributed by atoms with van der Waals surface area (Å²) in [6.07, 6.45) is 2.12. The molecule has 0 saturated heterocycles. The van der Waals surface area contributed by atoms with Crippen LogP contribution in [-0.2, 0) is 0 Å². The molecule has 3 heterocycles. The van der Waals surface area contributed by atoms with Crippen LogP contribution in [0.3, 0.4) is 0 Å². The van der Waals surface area contributed by atoms with E-state index in [-0.39, 0.29) is 5.92 Å². The van der Waals surface area contributed by atoms with Gasteiger partial charge in [0.2, 0.25) is 10.7 Å². The van der Waals surface area contributed by atoms with Crippen molar-refractivity contribution in [3.63, 3.8) is 0 Å². The fourth-order valence-corrected chi connectivity index (χ4v) is 4.73. The number of hydrogen-bond acceptors (Lipinski definition) is 4. The molecular formula is C27H20N4OS. The fourth-order valence-electron chi connectivity index (χ4n) is 4.53. The highest BCUT2D eigenvalue weighted by atomic mass is 32.1. The average molecular weight is 449 g/mol. The SMILES string of the molecule is Nc1[nH]c(=S)nc2c1C(c1c(-c3ccccc3)[nH]c3ccccc13)C=C(c1ccccc1)O2. The standard InChI is InChI=1S/C27H20N4OS/c28-25-23-19(15-21(16-9-3-1-4-10-16)32-26(23)31-27(33)30-25)22-18-13-7-8-14-20(18)29-24(22)17-11-5-2-6-12-17/h1-15,19,29H,(H3,28,30,31,33). The topological polar surface area (TPSA) is 79.7 Å². The summed E-state index contributed by atoms with van der Waals surface area (Å²) >= 11 is 5.31. The minimum Gasteiger partial charge on any atom is -0.438 e. The predicted molar refractivity (Wildman–Crippen MR) is 134 cm³/mol. The van der Waals surface area contributed by atoms with Crippen LogP contribution in [0, 0.1) is 4.77 Å². The quantitative estimate of drug-likeness (QED) is 0.278. The number of anilines is 1. The Morgan fingerprint density at radius 3 is 2.21 bits per heavy atom. The monoisotopic (exact) mass is 448 g/mol. The van der Waals surface area contributed by atoms with E-state index in [2.05, 4.69) is 51.4 Å². The van der Waals surface area contributed by atoms with Crippen molar-refractivity contribution in [2.75, 3.05) is 5.73 Å². The van der Waals surface area contributed by atoms with E-state index in [0.717, 1.165) is 44.6 Å². The van der Waals surface area contributed by atoms with Crippen molar-refractivity contribution in [1.29, 1.82) is 0 Å². The van der Waals surface area contributed by atoms with Gasteiger partial charge in [0, 0.05) is 22.4 Å². The Morgan fingerprint density at radius 1 is 0.788 bits per heavy atom. The number of aromatic amines is 2. The zero-order chi connectivity index (χ0) is 22.4.